The number of aliphatic hydroxyl groups excluding tert-OH is 1. The molecule has 22 heavy (non-hydrogen) atoms. The number of nitrogens with zero attached hydrogens (tertiary/aromatic N) is 2. The van der Waals surface area contributed by atoms with E-state index in [-0.39, 0.29) is 12.4 Å². The van der Waals surface area contributed by atoms with Crippen LogP contribution in [-0.2, 0) is 0 Å². The number of benzene rings is 2. The molecule has 2 aromatic rings. The van der Waals surface area contributed by atoms with Crippen molar-refractivity contribution in [3.8, 4) is 11.8 Å². The molecule has 2 aromatic carbocycles. The van der Waals surface area contributed by atoms with Crippen LogP contribution < -0.4 is 4.74 Å². The number of rotatable bonds is 5. The van der Waals surface area contributed by atoms with Crippen molar-refractivity contribution in [3.63, 3.8) is 0 Å². The van der Waals surface area contributed by atoms with E-state index in [4.69, 9.17) is 10.00 Å². The zero-order valence-corrected chi connectivity index (χ0v) is 11.3. The maximum absolute atomic E-state index is 13.0. The lowest BCUT2D eigenvalue weighted by Gasteiger charge is -2.12. The molecule has 0 heterocycles. The first-order chi connectivity index (χ1) is 10.5. The highest BCUT2D eigenvalue weighted by Gasteiger charge is 2.18. The molecule has 0 spiro atoms. The van der Waals surface area contributed by atoms with Crippen LogP contribution in [0.2, 0.25) is 0 Å². The number of hydrogen-bond acceptors (Lipinski definition) is 5. The van der Waals surface area contributed by atoms with Crippen molar-refractivity contribution in [1.82, 2.24) is 0 Å². The minimum Gasteiger partial charge on any atom is -0.484 e. The van der Waals surface area contributed by atoms with Crippen LogP contribution >= 0.6 is 0 Å². The highest BCUT2D eigenvalue weighted by Crippen LogP contribution is 2.28. The number of ether oxygens (including phenoxy) is 1. The van der Waals surface area contributed by atoms with Crippen LogP contribution in [0.5, 0.6) is 5.75 Å². The first kappa shape index (κ1) is 15.4. The van der Waals surface area contributed by atoms with E-state index in [1.54, 1.807) is 24.3 Å². The van der Waals surface area contributed by atoms with E-state index in [1.165, 1.54) is 0 Å². The van der Waals surface area contributed by atoms with Gasteiger partial charge in [0.15, 0.2) is 5.75 Å². The summed E-state index contributed by atoms with van der Waals surface area (Å²) in [6, 6.07) is 11.1. The largest absolute Gasteiger partial charge is 0.484 e. The maximum Gasteiger partial charge on any atom is 0.313 e. The second-order valence-corrected chi connectivity index (χ2v) is 4.43. The normalized spacial score (nSPS) is 11.5. The molecular formula is C15H11FN2O4. The quantitative estimate of drug-likeness (QED) is 0.676. The number of halogens is 1. The van der Waals surface area contributed by atoms with Crippen LogP contribution in [0.3, 0.4) is 0 Å². The average molecular weight is 302 g/mol. The molecule has 1 N–H and O–H groups in total. The highest BCUT2D eigenvalue weighted by molar-refractivity contribution is 5.46. The van der Waals surface area contributed by atoms with Gasteiger partial charge in [0.1, 0.15) is 18.5 Å². The Hall–Kier alpha value is -2.98. The van der Waals surface area contributed by atoms with Crippen molar-refractivity contribution in [1.29, 1.82) is 5.26 Å². The van der Waals surface area contributed by atoms with Gasteiger partial charge in [-0.05, 0) is 29.8 Å². The molecule has 1 unspecified atom stereocenters. The Morgan fingerprint density at radius 2 is 2.00 bits per heavy atom. The Kier molecular flexibility index (Phi) is 4.66. The Morgan fingerprint density at radius 3 is 2.59 bits per heavy atom. The summed E-state index contributed by atoms with van der Waals surface area (Å²) in [6.07, 6.45) is -1.03. The summed E-state index contributed by atoms with van der Waals surface area (Å²) in [6.45, 7) is -0.238. The molecule has 1 atom stereocenters. The molecule has 0 aromatic heterocycles. The number of hydrogen-bond donors (Lipinski definition) is 1. The lowest BCUT2D eigenvalue weighted by atomic mass is 10.1. The van der Waals surface area contributed by atoms with Gasteiger partial charge in [-0.2, -0.15) is 5.26 Å². The molecule has 0 aliphatic carbocycles. The first-order valence-electron chi connectivity index (χ1n) is 6.26. The lowest BCUT2D eigenvalue weighted by molar-refractivity contribution is -0.386. The molecule has 0 aliphatic heterocycles. The van der Waals surface area contributed by atoms with Crippen LogP contribution in [0.15, 0.2) is 42.5 Å². The third kappa shape index (κ3) is 3.56. The molecule has 0 amide bonds. The van der Waals surface area contributed by atoms with E-state index in [9.17, 15) is 19.6 Å². The van der Waals surface area contributed by atoms with Crippen LogP contribution in [0, 0.1) is 27.3 Å². The molecule has 0 saturated carbocycles. The van der Waals surface area contributed by atoms with Crippen molar-refractivity contribution < 1.29 is 19.2 Å². The van der Waals surface area contributed by atoms with Crippen LogP contribution in [0.25, 0.3) is 0 Å². The molecule has 2 rings (SSSR count). The molecular weight excluding hydrogens is 291 g/mol. The Balaban J connectivity index is 2.09. The summed E-state index contributed by atoms with van der Waals surface area (Å²) in [5, 5.41) is 29.5. The topological polar surface area (TPSA) is 96.4 Å². The molecule has 0 saturated heterocycles. The number of nitro benzene ring substituents is 1. The third-order valence-corrected chi connectivity index (χ3v) is 2.94. The fraction of sp³-hybridized carbons (Fsp3) is 0.133. The predicted molar refractivity (Wildman–Crippen MR) is 74.7 cm³/mol. The zero-order valence-electron chi connectivity index (χ0n) is 11.3. The molecule has 7 heteroatoms. The summed E-state index contributed by atoms with van der Waals surface area (Å²) >= 11 is 0. The van der Waals surface area contributed by atoms with Crippen LogP contribution in [0.4, 0.5) is 10.1 Å². The molecule has 0 fully saturated rings. The van der Waals surface area contributed by atoms with E-state index in [2.05, 4.69) is 0 Å². The average Bonchev–Trinajstić information content (AvgIpc) is 2.53. The second kappa shape index (κ2) is 6.65. The minimum absolute atomic E-state index is 0.126. The van der Waals surface area contributed by atoms with Gasteiger partial charge in [0.25, 0.3) is 0 Å². The third-order valence-electron chi connectivity index (χ3n) is 2.94. The molecule has 0 radical (unpaired) electrons. The number of nitro groups is 1. The van der Waals surface area contributed by atoms with E-state index >= 15 is 0 Å². The van der Waals surface area contributed by atoms with Crippen molar-refractivity contribution in [2.45, 2.75) is 6.10 Å². The van der Waals surface area contributed by atoms with E-state index in [0.29, 0.717) is 11.1 Å². The van der Waals surface area contributed by atoms with Crippen molar-refractivity contribution >= 4 is 5.69 Å². The summed E-state index contributed by atoms with van der Waals surface area (Å²) in [5.41, 5.74) is 0.446. The lowest BCUT2D eigenvalue weighted by Crippen LogP contribution is -2.10. The molecule has 0 bridgehead atoms. The number of aliphatic hydroxyl groups is 1. The predicted octanol–water partition coefficient (Wildman–Crippen LogP) is 2.72. The second-order valence-electron chi connectivity index (χ2n) is 4.43. The SMILES string of the molecule is N#Cc1ccc(C(O)COc2ccc(F)cc2[N+](=O)[O-])cc1. The first-order valence-corrected chi connectivity index (χ1v) is 6.26. The molecule has 0 aliphatic rings. The Bertz CT molecular complexity index is 725. The summed E-state index contributed by atoms with van der Waals surface area (Å²) in [5.74, 6) is -0.870. The van der Waals surface area contributed by atoms with Gasteiger partial charge in [-0.1, -0.05) is 12.1 Å². The van der Waals surface area contributed by atoms with Crippen LogP contribution in [-0.4, -0.2) is 16.6 Å². The van der Waals surface area contributed by atoms with Gasteiger partial charge in [0, 0.05) is 0 Å². The summed E-state index contributed by atoms with van der Waals surface area (Å²) in [7, 11) is 0. The van der Waals surface area contributed by atoms with Gasteiger partial charge < -0.3 is 9.84 Å². The summed E-state index contributed by atoms with van der Waals surface area (Å²) < 4.78 is 18.2. The highest BCUT2D eigenvalue weighted by atomic mass is 19.1. The van der Waals surface area contributed by atoms with Crippen molar-refractivity contribution in [3.05, 3.63) is 69.5 Å². The zero-order chi connectivity index (χ0) is 16.1. The van der Waals surface area contributed by atoms with Crippen molar-refractivity contribution in [2.75, 3.05) is 6.61 Å². The smallest absolute Gasteiger partial charge is 0.313 e. The van der Waals surface area contributed by atoms with Gasteiger partial charge in [0.2, 0.25) is 0 Å². The van der Waals surface area contributed by atoms with E-state index in [1.807, 2.05) is 6.07 Å². The van der Waals surface area contributed by atoms with Crippen LogP contribution in [0.1, 0.15) is 17.2 Å². The fourth-order valence-electron chi connectivity index (χ4n) is 1.80. The minimum atomic E-state index is -1.03. The van der Waals surface area contributed by atoms with E-state index in [0.717, 1.165) is 18.2 Å². The number of nitriles is 1. The van der Waals surface area contributed by atoms with Gasteiger partial charge in [0.05, 0.1) is 22.6 Å². The fourth-order valence-corrected chi connectivity index (χ4v) is 1.80. The van der Waals surface area contributed by atoms with Crippen molar-refractivity contribution in [2.24, 2.45) is 0 Å². The van der Waals surface area contributed by atoms with Gasteiger partial charge in [-0.15, -0.1) is 0 Å². The van der Waals surface area contributed by atoms with Gasteiger partial charge in [-0.3, -0.25) is 10.1 Å². The molecule has 6 nitrogen and oxygen atoms in total. The maximum atomic E-state index is 13.0. The van der Waals surface area contributed by atoms with E-state index < -0.39 is 22.5 Å². The van der Waals surface area contributed by atoms with Gasteiger partial charge >= 0.3 is 5.69 Å². The Morgan fingerprint density at radius 1 is 1.32 bits per heavy atom. The molecule has 112 valence electrons. The summed E-state index contributed by atoms with van der Waals surface area (Å²) in [4.78, 5) is 10.1. The van der Waals surface area contributed by atoms with Gasteiger partial charge in [-0.25, -0.2) is 4.39 Å². The Labute approximate surface area is 125 Å². The monoisotopic (exact) mass is 302 g/mol. The standard InChI is InChI=1S/C15H11FN2O4/c16-12-5-6-15(13(7-12)18(20)21)22-9-14(19)11-3-1-10(8-17)2-4-11/h1-7,14,19H,9H2.